The lowest BCUT2D eigenvalue weighted by molar-refractivity contribution is -0.122. The number of carbonyl (C=O) groups is 2. The van der Waals surface area contributed by atoms with Gasteiger partial charge in [0.25, 0.3) is 0 Å². The summed E-state index contributed by atoms with van der Waals surface area (Å²) >= 11 is 0. The van der Waals surface area contributed by atoms with Crippen LogP contribution in [-0.2, 0) is 16.1 Å². The Labute approximate surface area is 144 Å². The maximum absolute atomic E-state index is 11.9. The zero-order valence-corrected chi connectivity index (χ0v) is 14.6. The van der Waals surface area contributed by atoms with Gasteiger partial charge in [-0.3, -0.25) is 9.59 Å². The summed E-state index contributed by atoms with van der Waals surface area (Å²) in [6, 6.07) is 7.27. The molecule has 1 saturated heterocycles. The summed E-state index contributed by atoms with van der Waals surface area (Å²) in [7, 11) is 0. The van der Waals surface area contributed by atoms with Crippen LogP contribution in [0.4, 0.5) is 5.69 Å². The van der Waals surface area contributed by atoms with Crippen molar-refractivity contribution in [2.24, 2.45) is 11.7 Å². The number of carbonyl (C=O) groups excluding carboxylic acids is 2. The molecule has 0 saturated carbocycles. The van der Waals surface area contributed by atoms with Crippen molar-refractivity contribution in [3.8, 4) is 0 Å². The predicted molar refractivity (Wildman–Crippen MR) is 94.6 cm³/mol. The highest BCUT2D eigenvalue weighted by molar-refractivity contribution is 5.95. The van der Waals surface area contributed by atoms with Gasteiger partial charge < -0.3 is 16.0 Å². The van der Waals surface area contributed by atoms with E-state index in [-0.39, 0.29) is 24.2 Å². The molecule has 6 heteroatoms. The largest absolute Gasteiger partial charge is 0.351 e. The Morgan fingerprint density at radius 2 is 2.13 bits per heavy atom. The molecule has 0 radical (unpaired) electrons. The molecule has 0 unspecified atom stereocenters. The Kier molecular flexibility index (Phi) is 7.52. The summed E-state index contributed by atoms with van der Waals surface area (Å²) < 4.78 is 0. The van der Waals surface area contributed by atoms with E-state index in [0.29, 0.717) is 25.3 Å². The molecule has 1 aromatic carbocycles. The van der Waals surface area contributed by atoms with E-state index >= 15 is 0 Å². The number of nitrogens with zero attached hydrogens (tertiary/aromatic N) is 1. The number of halogens is 1. The van der Waals surface area contributed by atoms with E-state index in [4.69, 9.17) is 5.73 Å². The standard InChI is InChI=1S/C17H25N3O2.ClH/c1-12(2)9-15(18)17(22)19-11-13-5-3-6-14(10-13)20-8-4-7-16(20)21;/h3,5-6,10,12,15H,4,7-9,11,18H2,1-2H3,(H,19,22);1H/t15-;/m0./s1. The van der Waals surface area contributed by atoms with Gasteiger partial charge in [-0.2, -0.15) is 0 Å². The van der Waals surface area contributed by atoms with Gasteiger partial charge in [-0.15, -0.1) is 12.4 Å². The number of nitrogens with two attached hydrogens (primary N) is 1. The first-order chi connectivity index (χ1) is 10.5. The minimum Gasteiger partial charge on any atom is -0.351 e. The molecule has 1 fully saturated rings. The average Bonchev–Trinajstić information content (AvgIpc) is 2.90. The van der Waals surface area contributed by atoms with Crippen LogP contribution in [0.1, 0.15) is 38.7 Å². The van der Waals surface area contributed by atoms with Crippen LogP contribution >= 0.6 is 12.4 Å². The van der Waals surface area contributed by atoms with Crippen molar-refractivity contribution in [3.63, 3.8) is 0 Å². The molecule has 0 aliphatic carbocycles. The van der Waals surface area contributed by atoms with Crippen LogP contribution in [0.3, 0.4) is 0 Å². The minimum absolute atomic E-state index is 0. The molecule has 128 valence electrons. The highest BCUT2D eigenvalue weighted by atomic mass is 35.5. The van der Waals surface area contributed by atoms with E-state index in [1.54, 1.807) is 4.90 Å². The van der Waals surface area contributed by atoms with E-state index in [1.165, 1.54) is 0 Å². The van der Waals surface area contributed by atoms with Gasteiger partial charge in [0.05, 0.1) is 6.04 Å². The lowest BCUT2D eigenvalue weighted by Gasteiger charge is -2.17. The van der Waals surface area contributed by atoms with Crippen LogP contribution in [0, 0.1) is 5.92 Å². The van der Waals surface area contributed by atoms with E-state index in [2.05, 4.69) is 5.32 Å². The van der Waals surface area contributed by atoms with Gasteiger partial charge in [-0.1, -0.05) is 26.0 Å². The maximum Gasteiger partial charge on any atom is 0.237 e. The molecule has 0 aromatic heterocycles. The lowest BCUT2D eigenvalue weighted by atomic mass is 10.0. The summed E-state index contributed by atoms with van der Waals surface area (Å²) in [4.78, 5) is 25.5. The fourth-order valence-corrected chi connectivity index (χ4v) is 2.69. The van der Waals surface area contributed by atoms with Crippen molar-refractivity contribution in [2.75, 3.05) is 11.4 Å². The number of hydrogen-bond donors (Lipinski definition) is 2. The second kappa shape index (κ2) is 8.89. The van der Waals surface area contributed by atoms with E-state index < -0.39 is 6.04 Å². The molecule has 2 rings (SSSR count). The third-order valence-corrected chi connectivity index (χ3v) is 3.82. The number of nitrogens with one attached hydrogen (secondary N) is 1. The van der Waals surface area contributed by atoms with Crippen LogP contribution in [0.2, 0.25) is 0 Å². The van der Waals surface area contributed by atoms with Gasteiger partial charge in [0.15, 0.2) is 0 Å². The van der Waals surface area contributed by atoms with Gasteiger partial charge in [-0.05, 0) is 36.5 Å². The van der Waals surface area contributed by atoms with Crippen molar-refractivity contribution >= 4 is 29.9 Å². The summed E-state index contributed by atoms with van der Waals surface area (Å²) in [6.45, 7) is 5.29. The Hall–Kier alpha value is -1.59. The van der Waals surface area contributed by atoms with Crippen molar-refractivity contribution < 1.29 is 9.59 Å². The molecule has 3 N–H and O–H groups in total. The summed E-state index contributed by atoms with van der Waals surface area (Å²) in [5, 5.41) is 2.87. The van der Waals surface area contributed by atoms with Crippen LogP contribution in [0.5, 0.6) is 0 Å². The highest BCUT2D eigenvalue weighted by Crippen LogP contribution is 2.22. The molecule has 5 nitrogen and oxygen atoms in total. The minimum atomic E-state index is -0.469. The fourth-order valence-electron chi connectivity index (χ4n) is 2.69. The molecule has 1 aliphatic heterocycles. The summed E-state index contributed by atoms with van der Waals surface area (Å²) in [6.07, 6.45) is 2.20. The zero-order chi connectivity index (χ0) is 16.1. The quantitative estimate of drug-likeness (QED) is 0.834. The first-order valence-corrected chi connectivity index (χ1v) is 7.90. The summed E-state index contributed by atoms with van der Waals surface area (Å²) in [5.41, 5.74) is 7.74. The van der Waals surface area contributed by atoms with Gasteiger partial charge in [-0.25, -0.2) is 0 Å². The molecular weight excluding hydrogens is 314 g/mol. The highest BCUT2D eigenvalue weighted by Gasteiger charge is 2.21. The van der Waals surface area contributed by atoms with Gasteiger partial charge in [0.2, 0.25) is 11.8 Å². The van der Waals surface area contributed by atoms with Crippen molar-refractivity contribution in [3.05, 3.63) is 29.8 Å². The average molecular weight is 340 g/mol. The van der Waals surface area contributed by atoms with Gasteiger partial charge >= 0.3 is 0 Å². The Balaban J connectivity index is 0.00000264. The molecule has 1 heterocycles. The Morgan fingerprint density at radius 1 is 1.39 bits per heavy atom. The van der Waals surface area contributed by atoms with Gasteiger partial charge in [0.1, 0.15) is 0 Å². The third-order valence-electron chi connectivity index (χ3n) is 3.82. The zero-order valence-electron chi connectivity index (χ0n) is 13.7. The monoisotopic (exact) mass is 339 g/mol. The Morgan fingerprint density at radius 3 is 2.74 bits per heavy atom. The van der Waals surface area contributed by atoms with E-state index in [9.17, 15) is 9.59 Å². The number of hydrogen-bond acceptors (Lipinski definition) is 3. The first-order valence-electron chi connectivity index (χ1n) is 7.90. The van der Waals surface area contributed by atoms with E-state index in [0.717, 1.165) is 24.2 Å². The van der Waals surface area contributed by atoms with Crippen molar-refractivity contribution in [1.29, 1.82) is 0 Å². The van der Waals surface area contributed by atoms with Crippen molar-refractivity contribution in [1.82, 2.24) is 5.32 Å². The van der Waals surface area contributed by atoms with Crippen LogP contribution in [0.25, 0.3) is 0 Å². The number of rotatable bonds is 6. The Bertz CT molecular complexity index is 548. The SMILES string of the molecule is CC(C)C[C@H](N)C(=O)NCc1cccc(N2CCCC2=O)c1.Cl. The number of amides is 2. The topological polar surface area (TPSA) is 75.4 Å². The van der Waals surface area contributed by atoms with Gasteiger partial charge in [0, 0.05) is 25.2 Å². The van der Waals surface area contributed by atoms with Crippen molar-refractivity contribution in [2.45, 2.75) is 45.7 Å². The molecule has 2 amide bonds. The lowest BCUT2D eigenvalue weighted by Crippen LogP contribution is -2.41. The second-order valence-corrected chi connectivity index (χ2v) is 6.27. The molecule has 23 heavy (non-hydrogen) atoms. The summed E-state index contributed by atoms with van der Waals surface area (Å²) in [5.74, 6) is 0.432. The molecule has 1 atom stereocenters. The molecule has 0 spiro atoms. The second-order valence-electron chi connectivity index (χ2n) is 6.27. The van der Waals surface area contributed by atoms with Crippen LogP contribution < -0.4 is 16.0 Å². The molecule has 1 aliphatic rings. The van der Waals surface area contributed by atoms with E-state index in [1.807, 2.05) is 38.1 Å². The normalized spacial score (nSPS) is 15.5. The fraction of sp³-hybridized carbons (Fsp3) is 0.529. The smallest absolute Gasteiger partial charge is 0.237 e. The molecular formula is C17H26ClN3O2. The third kappa shape index (κ3) is 5.52. The number of benzene rings is 1. The maximum atomic E-state index is 11.9. The van der Waals surface area contributed by atoms with Crippen LogP contribution in [-0.4, -0.2) is 24.4 Å². The number of anilines is 1. The molecule has 1 aromatic rings. The molecule has 0 bridgehead atoms. The predicted octanol–water partition coefficient (Wildman–Crippen LogP) is 2.22. The first kappa shape index (κ1) is 19.5. The van der Waals surface area contributed by atoms with Crippen LogP contribution in [0.15, 0.2) is 24.3 Å².